The van der Waals surface area contributed by atoms with E-state index in [4.69, 9.17) is 5.10 Å². The molecule has 1 aromatic carbocycles. The van der Waals surface area contributed by atoms with Crippen LogP contribution in [0.25, 0.3) is 5.69 Å². The Morgan fingerprint density at radius 3 is 2.45 bits per heavy atom. The van der Waals surface area contributed by atoms with Gasteiger partial charge in [-0.15, -0.1) is 0 Å². The normalized spacial score (nSPS) is 15.9. The number of carbonyl (C=O) groups is 1. The van der Waals surface area contributed by atoms with Gasteiger partial charge < -0.3 is 4.90 Å². The Hall–Kier alpha value is -2.65. The van der Waals surface area contributed by atoms with Crippen molar-refractivity contribution in [2.24, 2.45) is 0 Å². The standard InChI is InChI=1S/C23H31N5O/c1-18-21(19(2)28(25-18)20-11-7-5-8-12-20)15-26(3)16-22(29)27(4)23(17-24)13-9-6-10-14-23/h5,7-8,11-12H,6,9-10,13-16H2,1-4H3. The molecule has 0 saturated heterocycles. The maximum Gasteiger partial charge on any atom is 0.237 e. The third-order valence-electron chi connectivity index (χ3n) is 6.18. The minimum atomic E-state index is -0.639. The molecule has 0 unspecified atom stereocenters. The number of aromatic nitrogens is 2. The fourth-order valence-corrected chi connectivity index (χ4v) is 4.28. The first-order valence-electron chi connectivity index (χ1n) is 10.3. The summed E-state index contributed by atoms with van der Waals surface area (Å²) in [5.74, 6) is 0.00158. The Bertz CT molecular complexity index is 890. The van der Waals surface area contributed by atoms with Gasteiger partial charge in [-0.2, -0.15) is 10.4 Å². The number of hydrogen-bond donors (Lipinski definition) is 0. The molecule has 3 rings (SSSR count). The Labute approximate surface area is 173 Å². The topological polar surface area (TPSA) is 65.2 Å². The summed E-state index contributed by atoms with van der Waals surface area (Å²) in [6.45, 7) is 5.01. The van der Waals surface area contributed by atoms with E-state index in [0.29, 0.717) is 6.54 Å². The van der Waals surface area contributed by atoms with E-state index in [0.717, 1.165) is 54.7 Å². The Morgan fingerprint density at radius 2 is 1.83 bits per heavy atom. The van der Waals surface area contributed by atoms with E-state index >= 15 is 0 Å². The van der Waals surface area contributed by atoms with Crippen molar-refractivity contribution in [2.45, 2.75) is 58.0 Å². The summed E-state index contributed by atoms with van der Waals surface area (Å²) in [5, 5.41) is 14.4. The summed E-state index contributed by atoms with van der Waals surface area (Å²) in [6.07, 6.45) is 4.72. The van der Waals surface area contributed by atoms with Crippen molar-refractivity contribution in [3.8, 4) is 11.8 Å². The van der Waals surface area contributed by atoms with Gasteiger partial charge in [0.25, 0.3) is 0 Å². The number of nitrogens with zero attached hydrogens (tertiary/aromatic N) is 5. The minimum Gasteiger partial charge on any atom is -0.326 e. The van der Waals surface area contributed by atoms with Gasteiger partial charge in [0, 0.05) is 24.8 Å². The van der Waals surface area contributed by atoms with Crippen LogP contribution in [0.15, 0.2) is 30.3 Å². The average Bonchev–Trinajstić information content (AvgIpc) is 3.02. The number of amides is 1. The lowest BCUT2D eigenvalue weighted by molar-refractivity contribution is -0.135. The second kappa shape index (κ2) is 8.79. The number of nitriles is 1. The van der Waals surface area contributed by atoms with Gasteiger partial charge in [0.1, 0.15) is 5.54 Å². The molecule has 0 bridgehead atoms. The van der Waals surface area contributed by atoms with E-state index < -0.39 is 5.54 Å². The predicted octanol–water partition coefficient (Wildman–Crippen LogP) is 3.61. The fraction of sp³-hybridized carbons (Fsp3) is 0.522. The van der Waals surface area contributed by atoms with Gasteiger partial charge in [-0.3, -0.25) is 9.69 Å². The second-order valence-corrected chi connectivity index (χ2v) is 8.23. The summed E-state index contributed by atoms with van der Waals surface area (Å²) in [6, 6.07) is 12.5. The molecule has 2 aromatic rings. The molecule has 1 aromatic heterocycles. The highest BCUT2D eigenvalue weighted by atomic mass is 16.2. The summed E-state index contributed by atoms with van der Waals surface area (Å²) < 4.78 is 1.96. The van der Waals surface area contributed by atoms with Crippen LogP contribution in [-0.4, -0.2) is 51.7 Å². The molecular weight excluding hydrogens is 362 g/mol. The fourth-order valence-electron chi connectivity index (χ4n) is 4.28. The van der Waals surface area contributed by atoms with Crippen molar-refractivity contribution in [1.82, 2.24) is 19.6 Å². The number of carbonyl (C=O) groups excluding carboxylic acids is 1. The first-order valence-corrected chi connectivity index (χ1v) is 10.3. The number of rotatable bonds is 6. The Balaban J connectivity index is 1.69. The van der Waals surface area contributed by atoms with Crippen molar-refractivity contribution in [3.05, 3.63) is 47.3 Å². The number of para-hydroxylation sites is 1. The van der Waals surface area contributed by atoms with E-state index in [2.05, 4.69) is 13.0 Å². The molecule has 6 nitrogen and oxygen atoms in total. The molecule has 1 aliphatic carbocycles. The quantitative estimate of drug-likeness (QED) is 0.752. The highest BCUT2D eigenvalue weighted by Crippen LogP contribution is 2.32. The third-order valence-corrected chi connectivity index (χ3v) is 6.18. The van der Waals surface area contributed by atoms with Gasteiger partial charge >= 0.3 is 0 Å². The molecule has 0 aliphatic heterocycles. The first kappa shape index (κ1) is 21.1. The van der Waals surface area contributed by atoms with E-state index in [9.17, 15) is 10.1 Å². The van der Waals surface area contributed by atoms with Crippen molar-refractivity contribution < 1.29 is 4.79 Å². The molecule has 1 fully saturated rings. The minimum absolute atomic E-state index is 0.00158. The lowest BCUT2D eigenvalue weighted by atomic mass is 9.81. The molecular formula is C23H31N5O. The number of aryl methyl sites for hydroxylation is 1. The maximum atomic E-state index is 12.9. The van der Waals surface area contributed by atoms with Crippen LogP contribution in [0, 0.1) is 25.2 Å². The average molecular weight is 394 g/mol. The van der Waals surface area contributed by atoms with E-state index in [1.54, 1.807) is 11.9 Å². The van der Waals surface area contributed by atoms with Crippen molar-refractivity contribution in [3.63, 3.8) is 0 Å². The molecule has 29 heavy (non-hydrogen) atoms. The van der Waals surface area contributed by atoms with Crippen molar-refractivity contribution >= 4 is 5.91 Å². The molecule has 6 heteroatoms. The largest absolute Gasteiger partial charge is 0.326 e. The molecule has 0 N–H and O–H groups in total. The smallest absolute Gasteiger partial charge is 0.237 e. The lowest BCUT2D eigenvalue weighted by Crippen LogP contribution is -2.52. The molecule has 154 valence electrons. The summed E-state index contributed by atoms with van der Waals surface area (Å²) in [5.41, 5.74) is 3.59. The van der Waals surface area contributed by atoms with Crippen LogP contribution in [0.1, 0.15) is 49.1 Å². The van der Waals surface area contributed by atoms with Crippen LogP contribution < -0.4 is 0 Å². The van der Waals surface area contributed by atoms with Gasteiger partial charge in [0.15, 0.2) is 0 Å². The SMILES string of the molecule is Cc1nn(-c2ccccc2)c(C)c1CN(C)CC(=O)N(C)C1(C#N)CCCCC1. The molecule has 1 aliphatic rings. The zero-order chi connectivity index (χ0) is 21.0. The van der Waals surface area contributed by atoms with Gasteiger partial charge in [-0.05, 0) is 45.9 Å². The molecule has 1 saturated carbocycles. The van der Waals surface area contributed by atoms with Crippen molar-refractivity contribution in [1.29, 1.82) is 5.26 Å². The van der Waals surface area contributed by atoms with Crippen LogP contribution in [0.2, 0.25) is 0 Å². The van der Waals surface area contributed by atoms with Gasteiger partial charge in [-0.25, -0.2) is 4.68 Å². The van der Waals surface area contributed by atoms with E-state index in [1.807, 2.05) is 53.9 Å². The van der Waals surface area contributed by atoms with Gasteiger partial charge in [-0.1, -0.05) is 37.5 Å². The number of hydrogen-bond acceptors (Lipinski definition) is 4. The summed E-state index contributed by atoms with van der Waals surface area (Å²) in [7, 11) is 3.74. The third kappa shape index (κ3) is 4.35. The number of likely N-dealkylation sites (N-methyl/N-ethyl adjacent to an activating group) is 2. The van der Waals surface area contributed by atoms with Crippen molar-refractivity contribution in [2.75, 3.05) is 20.6 Å². The van der Waals surface area contributed by atoms with Crippen LogP contribution in [0.4, 0.5) is 0 Å². The van der Waals surface area contributed by atoms with Crippen LogP contribution >= 0.6 is 0 Å². The highest BCUT2D eigenvalue weighted by molar-refractivity contribution is 5.79. The Morgan fingerprint density at radius 1 is 1.17 bits per heavy atom. The highest BCUT2D eigenvalue weighted by Gasteiger charge is 2.38. The molecule has 0 spiro atoms. The predicted molar refractivity (Wildman–Crippen MR) is 114 cm³/mol. The Kier molecular flexibility index (Phi) is 6.39. The molecule has 0 atom stereocenters. The zero-order valence-electron chi connectivity index (χ0n) is 18.0. The second-order valence-electron chi connectivity index (χ2n) is 8.23. The zero-order valence-corrected chi connectivity index (χ0v) is 18.0. The van der Waals surface area contributed by atoms with Crippen LogP contribution in [0.3, 0.4) is 0 Å². The van der Waals surface area contributed by atoms with Crippen LogP contribution in [0.5, 0.6) is 0 Å². The van der Waals surface area contributed by atoms with E-state index in [1.165, 1.54) is 0 Å². The number of benzene rings is 1. The molecule has 1 amide bonds. The first-order chi connectivity index (χ1) is 13.9. The summed E-state index contributed by atoms with van der Waals surface area (Å²) >= 11 is 0. The molecule has 0 radical (unpaired) electrons. The molecule has 1 heterocycles. The lowest BCUT2D eigenvalue weighted by Gasteiger charge is -2.39. The van der Waals surface area contributed by atoms with Gasteiger partial charge in [0.05, 0.1) is 24.0 Å². The monoisotopic (exact) mass is 393 g/mol. The van der Waals surface area contributed by atoms with E-state index in [-0.39, 0.29) is 12.5 Å². The van der Waals surface area contributed by atoms with Crippen LogP contribution in [-0.2, 0) is 11.3 Å². The maximum absolute atomic E-state index is 12.9. The van der Waals surface area contributed by atoms with Gasteiger partial charge in [0.2, 0.25) is 5.91 Å². The summed E-state index contributed by atoms with van der Waals surface area (Å²) in [4.78, 5) is 16.6.